The van der Waals surface area contributed by atoms with Crippen molar-refractivity contribution in [2.24, 2.45) is 0 Å². The molecule has 0 aliphatic carbocycles. The van der Waals surface area contributed by atoms with Crippen molar-refractivity contribution in [3.8, 4) is 0 Å². The molecule has 0 unspecified atom stereocenters. The molecule has 0 saturated carbocycles. The van der Waals surface area contributed by atoms with E-state index in [1.807, 2.05) is 6.92 Å². The van der Waals surface area contributed by atoms with Crippen LogP contribution in [0.15, 0.2) is 36.5 Å². The van der Waals surface area contributed by atoms with Crippen molar-refractivity contribution < 1.29 is 13.9 Å². The molecule has 27 heavy (non-hydrogen) atoms. The summed E-state index contributed by atoms with van der Waals surface area (Å²) in [5.41, 5.74) is 8.56. The quantitative estimate of drug-likeness (QED) is 0.745. The second-order valence-electron chi connectivity index (χ2n) is 6.55. The molecule has 1 saturated heterocycles. The van der Waals surface area contributed by atoms with Crippen LogP contribution in [0.2, 0.25) is 0 Å². The van der Waals surface area contributed by atoms with Crippen molar-refractivity contribution in [1.29, 1.82) is 0 Å². The van der Waals surface area contributed by atoms with E-state index in [1.54, 1.807) is 33.9 Å². The number of rotatable bonds is 5. The zero-order valence-electron chi connectivity index (χ0n) is 14.9. The van der Waals surface area contributed by atoms with Gasteiger partial charge in [0, 0.05) is 25.8 Å². The first kappa shape index (κ1) is 17.4. The van der Waals surface area contributed by atoms with Crippen LogP contribution in [0.25, 0.3) is 11.2 Å². The molecule has 140 valence electrons. The standard InChI is InChI=1S/C19H20FN5O2/c1-2-25-17-16(23-19(25)21)7-13(8-22-17)18(26)24-9-15(10-24)27-11-12-3-5-14(20)6-4-12/h3-8,15H,2,9-11H2,1H3,(H2,21,23). The molecule has 0 radical (unpaired) electrons. The van der Waals surface area contributed by atoms with Crippen molar-refractivity contribution in [3.05, 3.63) is 53.5 Å². The molecule has 0 spiro atoms. The predicted molar refractivity (Wildman–Crippen MR) is 98.5 cm³/mol. The Kier molecular flexibility index (Phi) is 4.49. The molecule has 3 aromatic rings. The number of nitrogens with zero attached hydrogens (tertiary/aromatic N) is 4. The number of fused-ring (bicyclic) bond motifs is 1. The number of imidazole rings is 1. The number of halogens is 1. The van der Waals surface area contributed by atoms with Crippen LogP contribution in [-0.4, -0.2) is 44.5 Å². The number of nitrogen functional groups attached to an aromatic ring is 1. The van der Waals surface area contributed by atoms with E-state index in [9.17, 15) is 9.18 Å². The maximum atomic E-state index is 12.9. The molecule has 3 heterocycles. The Labute approximate surface area is 155 Å². The molecule has 1 aromatic carbocycles. The van der Waals surface area contributed by atoms with Gasteiger partial charge < -0.3 is 15.4 Å². The second-order valence-corrected chi connectivity index (χ2v) is 6.55. The van der Waals surface area contributed by atoms with Gasteiger partial charge in [0.25, 0.3) is 5.91 Å². The van der Waals surface area contributed by atoms with Gasteiger partial charge >= 0.3 is 0 Å². The molecule has 2 aromatic heterocycles. The summed E-state index contributed by atoms with van der Waals surface area (Å²) in [6.07, 6.45) is 1.54. The highest BCUT2D eigenvalue weighted by Gasteiger charge is 2.32. The van der Waals surface area contributed by atoms with Crippen LogP contribution in [0, 0.1) is 5.82 Å². The summed E-state index contributed by atoms with van der Waals surface area (Å²) in [7, 11) is 0. The highest BCUT2D eigenvalue weighted by molar-refractivity contribution is 5.97. The Morgan fingerprint density at radius 2 is 2.07 bits per heavy atom. The number of likely N-dealkylation sites (tertiary alicyclic amines) is 1. The van der Waals surface area contributed by atoms with Gasteiger partial charge in [0.2, 0.25) is 5.95 Å². The minimum atomic E-state index is -0.268. The van der Waals surface area contributed by atoms with E-state index >= 15 is 0 Å². The second kappa shape index (κ2) is 6.96. The highest BCUT2D eigenvalue weighted by Crippen LogP contribution is 2.21. The van der Waals surface area contributed by atoms with Gasteiger partial charge in [-0.05, 0) is 30.7 Å². The molecular weight excluding hydrogens is 349 g/mol. The fourth-order valence-corrected chi connectivity index (χ4v) is 3.14. The zero-order valence-corrected chi connectivity index (χ0v) is 14.9. The number of aryl methyl sites for hydroxylation is 1. The van der Waals surface area contributed by atoms with Gasteiger partial charge in [-0.25, -0.2) is 14.4 Å². The topological polar surface area (TPSA) is 86.3 Å². The van der Waals surface area contributed by atoms with Crippen LogP contribution >= 0.6 is 0 Å². The van der Waals surface area contributed by atoms with Gasteiger partial charge in [-0.3, -0.25) is 9.36 Å². The summed E-state index contributed by atoms with van der Waals surface area (Å²) in [6.45, 7) is 4.06. The zero-order chi connectivity index (χ0) is 19.0. The van der Waals surface area contributed by atoms with Crippen molar-refractivity contribution in [2.45, 2.75) is 26.2 Å². The van der Waals surface area contributed by atoms with E-state index in [1.165, 1.54) is 12.1 Å². The Morgan fingerprint density at radius 3 is 2.78 bits per heavy atom. The van der Waals surface area contributed by atoms with Crippen LogP contribution in [0.4, 0.5) is 10.3 Å². The van der Waals surface area contributed by atoms with E-state index in [2.05, 4.69) is 9.97 Å². The van der Waals surface area contributed by atoms with E-state index in [0.717, 1.165) is 5.56 Å². The average Bonchev–Trinajstić information content (AvgIpc) is 2.95. The lowest BCUT2D eigenvalue weighted by Crippen LogP contribution is -2.54. The number of nitrogens with two attached hydrogens (primary N) is 1. The maximum absolute atomic E-state index is 12.9. The number of benzene rings is 1. The summed E-state index contributed by atoms with van der Waals surface area (Å²) in [5.74, 6) is 0.0220. The smallest absolute Gasteiger partial charge is 0.255 e. The summed E-state index contributed by atoms with van der Waals surface area (Å²) < 4.78 is 20.5. The van der Waals surface area contributed by atoms with Crippen molar-refractivity contribution in [3.63, 3.8) is 0 Å². The van der Waals surface area contributed by atoms with Gasteiger partial charge in [0.05, 0.1) is 18.3 Å². The molecule has 1 amide bonds. The first-order valence-corrected chi connectivity index (χ1v) is 8.82. The molecule has 1 aliphatic rings. The van der Waals surface area contributed by atoms with Gasteiger partial charge in [0.1, 0.15) is 11.3 Å². The number of carbonyl (C=O) groups excluding carboxylic acids is 1. The molecule has 1 fully saturated rings. The predicted octanol–water partition coefficient (Wildman–Crippen LogP) is 2.21. The monoisotopic (exact) mass is 369 g/mol. The van der Waals surface area contributed by atoms with Crippen LogP contribution < -0.4 is 5.73 Å². The van der Waals surface area contributed by atoms with Crippen LogP contribution in [0.1, 0.15) is 22.8 Å². The molecule has 8 heteroatoms. The lowest BCUT2D eigenvalue weighted by molar-refractivity contribution is -0.0503. The van der Waals surface area contributed by atoms with Gasteiger partial charge in [-0.1, -0.05) is 12.1 Å². The molecule has 7 nitrogen and oxygen atoms in total. The number of carbonyl (C=O) groups is 1. The van der Waals surface area contributed by atoms with Crippen LogP contribution in [0.5, 0.6) is 0 Å². The van der Waals surface area contributed by atoms with E-state index in [-0.39, 0.29) is 17.8 Å². The fourth-order valence-electron chi connectivity index (χ4n) is 3.14. The summed E-state index contributed by atoms with van der Waals surface area (Å²) in [6, 6.07) is 7.92. The third-order valence-electron chi connectivity index (χ3n) is 4.71. The van der Waals surface area contributed by atoms with Crippen LogP contribution in [0.3, 0.4) is 0 Å². The number of pyridine rings is 1. The summed E-state index contributed by atoms with van der Waals surface area (Å²) >= 11 is 0. The van der Waals surface area contributed by atoms with Crippen molar-refractivity contribution in [1.82, 2.24) is 19.4 Å². The fraction of sp³-hybridized carbons (Fsp3) is 0.316. The van der Waals surface area contributed by atoms with Crippen LogP contribution in [-0.2, 0) is 17.9 Å². The average molecular weight is 369 g/mol. The summed E-state index contributed by atoms with van der Waals surface area (Å²) in [5, 5.41) is 0. The molecule has 2 N–H and O–H groups in total. The largest absolute Gasteiger partial charge is 0.370 e. The SMILES string of the molecule is CCn1c(N)nc2cc(C(=O)N3CC(OCc4ccc(F)cc4)C3)cnc21. The Hall–Kier alpha value is -3.00. The normalized spacial score (nSPS) is 14.5. The first-order valence-electron chi connectivity index (χ1n) is 8.82. The number of hydrogen-bond acceptors (Lipinski definition) is 5. The highest BCUT2D eigenvalue weighted by atomic mass is 19.1. The lowest BCUT2D eigenvalue weighted by atomic mass is 10.1. The minimum absolute atomic E-state index is 0.0226. The van der Waals surface area contributed by atoms with Gasteiger partial charge in [-0.2, -0.15) is 0 Å². The molecule has 0 atom stereocenters. The van der Waals surface area contributed by atoms with E-state index < -0.39 is 0 Å². The van der Waals surface area contributed by atoms with Gasteiger partial charge in [-0.15, -0.1) is 0 Å². The Bertz CT molecular complexity index is 980. The van der Waals surface area contributed by atoms with E-state index in [4.69, 9.17) is 10.5 Å². The van der Waals surface area contributed by atoms with Gasteiger partial charge in [0.15, 0.2) is 5.65 Å². The Morgan fingerprint density at radius 1 is 1.33 bits per heavy atom. The lowest BCUT2D eigenvalue weighted by Gasteiger charge is -2.38. The van der Waals surface area contributed by atoms with Crippen molar-refractivity contribution >= 4 is 23.0 Å². The van der Waals surface area contributed by atoms with E-state index in [0.29, 0.717) is 48.9 Å². The van der Waals surface area contributed by atoms with Crippen molar-refractivity contribution in [2.75, 3.05) is 18.8 Å². The number of aromatic nitrogens is 3. The summed E-state index contributed by atoms with van der Waals surface area (Å²) in [4.78, 5) is 22.9. The molecule has 1 aliphatic heterocycles. The number of amides is 1. The third-order valence-corrected chi connectivity index (χ3v) is 4.71. The third kappa shape index (κ3) is 3.35. The first-order chi connectivity index (χ1) is 13.0. The number of ether oxygens (including phenoxy) is 1. The molecule has 4 rings (SSSR count). The molecular formula is C19H20FN5O2. The number of anilines is 1. The number of hydrogen-bond donors (Lipinski definition) is 1. The Balaban J connectivity index is 1.36. The minimum Gasteiger partial charge on any atom is -0.370 e. The molecule has 0 bridgehead atoms. The maximum Gasteiger partial charge on any atom is 0.255 e.